The van der Waals surface area contributed by atoms with Gasteiger partial charge in [-0.05, 0) is 0 Å². The standard InChI is InChI=1S/C5H4N2O2S/c1-9-5-7-4(2-10-5)6-3-8/h2H,1H3. The molecule has 0 aliphatic rings. The molecular weight excluding hydrogens is 152 g/mol. The van der Waals surface area contributed by atoms with Crippen molar-refractivity contribution in [2.24, 2.45) is 4.99 Å². The number of nitrogens with zero attached hydrogens (tertiary/aromatic N) is 2. The molecule has 4 nitrogen and oxygen atoms in total. The molecule has 0 unspecified atom stereocenters. The Bertz CT molecular complexity index is 264. The normalized spacial score (nSPS) is 8.50. The minimum Gasteiger partial charge on any atom is -0.473 e. The van der Waals surface area contributed by atoms with E-state index >= 15 is 0 Å². The quantitative estimate of drug-likeness (QED) is 0.476. The van der Waals surface area contributed by atoms with Gasteiger partial charge in [0.2, 0.25) is 6.08 Å². The molecule has 5 heteroatoms. The molecule has 0 aliphatic carbocycles. The maximum atomic E-state index is 9.70. The van der Waals surface area contributed by atoms with Crippen LogP contribution in [0.25, 0.3) is 0 Å². The molecular formula is C5H4N2O2S. The summed E-state index contributed by atoms with van der Waals surface area (Å²) in [5.74, 6) is 0.344. The molecule has 0 radical (unpaired) electrons. The summed E-state index contributed by atoms with van der Waals surface area (Å²) in [5.41, 5.74) is 0. The molecule has 1 aromatic heterocycles. The average Bonchev–Trinajstić information content (AvgIpc) is 2.37. The lowest BCUT2D eigenvalue weighted by atomic mass is 10.8. The van der Waals surface area contributed by atoms with Crippen LogP contribution in [0.4, 0.5) is 5.82 Å². The van der Waals surface area contributed by atoms with Crippen LogP contribution in [-0.4, -0.2) is 18.2 Å². The van der Waals surface area contributed by atoms with Crippen molar-refractivity contribution in [3.8, 4) is 5.19 Å². The molecule has 0 bridgehead atoms. The molecule has 0 aliphatic heterocycles. The van der Waals surface area contributed by atoms with E-state index < -0.39 is 0 Å². The fourth-order valence-corrected chi connectivity index (χ4v) is 0.995. The van der Waals surface area contributed by atoms with Crippen molar-refractivity contribution < 1.29 is 9.53 Å². The highest BCUT2D eigenvalue weighted by Gasteiger charge is 1.97. The van der Waals surface area contributed by atoms with Crippen molar-refractivity contribution in [3.05, 3.63) is 5.38 Å². The Kier molecular flexibility index (Phi) is 2.15. The van der Waals surface area contributed by atoms with Crippen molar-refractivity contribution in [2.45, 2.75) is 0 Å². The van der Waals surface area contributed by atoms with Crippen LogP contribution in [0.1, 0.15) is 0 Å². The summed E-state index contributed by atoms with van der Waals surface area (Å²) in [6.45, 7) is 0. The van der Waals surface area contributed by atoms with E-state index in [1.807, 2.05) is 0 Å². The van der Waals surface area contributed by atoms with E-state index in [4.69, 9.17) is 4.74 Å². The van der Waals surface area contributed by atoms with Crippen LogP contribution >= 0.6 is 11.3 Å². The second-order valence-corrected chi connectivity index (χ2v) is 2.20. The number of aromatic nitrogens is 1. The number of isocyanates is 1. The van der Waals surface area contributed by atoms with E-state index in [1.165, 1.54) is 24.5 Å². The first-order valence-electron chi connectivity index (χ1n) is 2.44. The zero-order valence-electron chi connectivity index (χ0n) is 5.20. The van der Waals surface area contributed by atoms with Gasteiger partial charge in [0.15, 0.2) is 5.82 Å². The highest BCUT2D eigenvalue weighted by molar-refractivity contribution is 7.11. The molecule has 0 saturated carbocycles. The second kappa shape index (κ2) is 3.10. The molecule has 0 saturated heterocycles. The van der Waals surface area contributed by atoms with Crippen LogP contribution in [-0.2, 0) is 4.79 Å². The van der Waals surface area contributed by atoms with Gasteiger partial charge in [-0.2, -0.15) is 4.98 Å². The summed E-state index contributed by atoms with van der Waals surface area (Å²) in [6, 6.07) is 0. The number of methoxy groups -OCH3 is 1. The highest BCUT2D eigenvalue weighted by Crippen LogP contribution is 2.22. The lowest BCUT2D eigenvalue weighted by Crippen LogP contribution is -1.77. The number of rotatable bonds is 2. The number of thiazole rings is 1. The fourth-order valence-electron chi connectivity index (χ4n) is 0.441. The lowest BCUT2D eigenvalue weighted by Gasteiger charge is -1.85. The average molecular weight is 156 g/mol. The largest absolute Gasteiger partial charge is 0.473 e. The molecule has 0 atom stereocenters. The molecule has 10 heavy (non-hydrogen) atoms. The Balaban J connectivity index is 2.87. The van der Waals surface area contributed by atoms with Gasteiger partial charge in [-0.3, -0.25) is 0 Å². The third-order valence-electron chi connectivity index (χ3n) is 0.806. The number of hydrogen-bond donors (Lipinski definition) is 0. The Labute approximate surface area is 61.2 Å². The Morgan fingerprint density at radius 3 is 3.20 bits per heavy atom. The molecule has 0 spiro atoms. The van der Waals surface area contributed by atoms with Crippen molar-refractivity contribution in [1.29, 1.82) is 0 Å². The van der Waals surface area contributed by atoms with Gasteiger partial charge < -0.3 is 4.74 Å². The Hall–Kier alpha value is -1.19. The van der Waals surface area contributed by atoms with Gasteiger partial charge in [-0.1, -0.05) is 11.3 Å². The summed E-state index contributed by atoms with van der Waals surface area (Å²) < 4.78 is 4.76. The summed E-state index contributed by atoms with van der Waals surface area (Å²) in [6.07, 6.45) is 1.39. The van der Waals surface area contributed by atoms with Crippen LogP contribution in [0.5, 0.6) is 5.19 Å². The fraction of sp³-hybridized carbons (Fsp3) is 0.200. The zero-order chi connectivity index (χ0) is 7.40. The molecule has 0 N–H and O–H groups in total. The van der Waals surface area contributed by atoms with Crippen molar-refractivity contribution in [3.63, 3.8) is 0 Å². The summed E-state index contributed by atoms with van der Waals surface area (Å²) >= 11 is 1.28. The SMILES string of the molecule is COc1nc(N=C=O)cs1. The third-order valence-corrected chi connectivity index (χ3v) is 1.59. The highest BCUT2D eigenvalue weighted by atomic mass is 32.1. The first-order valence-corrected chi connectivity index (χ1v) is 3.32. The molecule has 1 aromatic rings. The second-order valence-electron chi connectivity index (χ2n) is 1.38. The number of ether oxygens (including phenoxy) is 1. The minimum atomic E-state index is 0.344. The molecule has 0 amide bonds. The monoisotopic (exact) mass is 156 g/mol. The first-order chi connectivity index (χ1) is 4.86. The van der Waals surface area contributed by atoms with E-state index in [0.717, 1.165) is 0 Å². The molecule has 0 fully saturated rings. The van der Waals surface area contributed by atoms with Gasteiger partial charge >= 0.3 is 0 Å². The predicted octanol–water partition coefficient (Wildman–Crippen LogP) is 1.12. The van der Waals surface area contributed by atoms with Crippen molar-refractivity contribution in [2.75, 3.05) is 7.11 Å². The van der Waals surface area contributed by atoms with Crippen molar-refractivity contribution >= 4 is 23.2 Å². The Morgan fingerprint density at radius 2 is 2.70 bits per heavy atom. The van der Waals surface area contributed by atoms with E-state index in [9.17, 15) is 4.79 Å². The number of hydrogen-bond acceptors (Lipinski definition) is 5. The van der Waals surface area contributed by atoms with Gasteiger partial charge in [-0.15, -0.1) is 4.99 Å². The summed E-state index contributed by atoms with van der Waals surface area (Å²) in [5, 5.41) is 2.11. The molecule has 52 valence electrons. The topological polar surface area (TPSA) is 51.6 Å². The van der Waals surface area contributed by atoms with Gasteiger partial charge in [0.1, 0.15) is 0 Å². The van der Waals surface area contributed by atoms with Crippen LogP contribution in [0.2, 0.25) is 0 Å². The zero-order valence-corrected chi connectivity index (χ0v) is 6.01. The van der Waals surface area contributed by atoms with Gasteiger partial charge in [0.25, 0.3) is 5.19 Å². The smallest absolute Gasteiger partial charge is 0.274 e. The van der Waals surface area contributed by atoms with E-state index in [0.29, 0.717) is 11.0 Å². The van der Waals surface area contributed by atoms with Crippen LogP contribution in [0.3, 0.4) is 0 Å². The maximum Gasteiger partial charge on any atom is 0.274 e. The van der Waals surface area contributed by atoms with Gasteiger partial charge in [0, 0.05) is 5.38 Å². The van der Waals surface area contributed by atoms with Gasteiger partial charge in [-0.25, -0.2) is 4.79 Å². The minimum absolute atomic E-state index is 0.344. The van der Waals surface area contributed by atoms with Crippen LogP contribution in [0, 0.1) is 0 Å². The van der Waals surface area contributed by atoms with E-state index in [1.54, 1.807) is 5.38 Å². The van der Waals surface area contributed by atoms with Crippen LogP contribution < -0.4 is 4.74 Å². The predicted molar refractivity (Wildman–Crippen MR) is 36.4 cm³/mol. The molecule has 0 aromatic carbocycles. The number of aliphatic imine (C=N–C) groups is 1. The Morgan fingerprint density at radius 1 is 1.90 bits per heavy atom. The lowest BCUT2D eigenvalue weighted by molar-refractivity contribution is 0.412. The molecule has 1 heterocycles. The first kappa shape index (κ1) is 6.92. The van der Waals surface area contributed by atoms with E-state index in [2.05, 4.69) is 9.98 Å². The van der Waals surface area contributed by atoms with Crippen molar-refractivity contribution in [1.82, 2.24) is 4.98 Å². The maximum absolute atomic E-state index is 9.70. The van der Waals surface area contributed by atoms with E-state index in [-0.39, 0.29) is 0 Å². The van der Waals surface area contributed by atoms with Gasteiger partial charge in [0.05, 0.1) is 7.11 Å². The summed E-state index contributed by atoms with van der Waals surface area (Å²) in [7, 11) is 1.51. The molecule has 1 rings (SSSR count). The third kappa shape index (κ3) is 1.40. The summed E-state index contributed by atoms with van der Waals surface area (Å²) in [4.78, 5) is 16.8. The number of carbonyl (C=O) groups excluding carboxylic acids is 1. The van der Waals surface area contributed by atoms with Crippen LogP contribution in [0.15, 0.2) is 10.4 Å².